The van der Waals surface area contributed by atoms with Crippen molar-refractivity contribution in [2.24, 2.45) is 28.6 Å². The van der Waals surface area contributed by atoms with Crippen molar-refractivity contribution in [3.63, 3.8) is 0 Å². The molecule has 3 fully saturated rings. The summed E-state index contributed by atoms with van der Waals surface area (Å²) >= 11 is 0. The van der Waals surface area contributed by atoms with Gasteiger partial charge in [0, 0.05) is 17.3 Å². The van der Waals surface area contributed by atoms with Gasteiger partial charge in [0.05, 0.1) is 6.10 Å². The summed E-state index contributed by atoms with van der Waals surface area (Å²) in [6.07, 6.45) is 6.44. The van der Waals surface area contributed by atoms with Crippen LogP contribution in [0.15, 0.2) is 11.6 Å². The minimum atomic E-state index is -1.19. The molecular formula is C21H30O4. The average Bonchev–Trinajstić information content (AvgIpc) is 2.82. The predicted molar refractivity (Wildman–Crippen MR) is 93.7 cm³/mol. The largest absolute Gasteiger partial charge is 0.392 e. The van der Waals surface area contributed by atoms with Crippen LogP contribution in [-0.2, 0) is 9.59 Å². The van der Waals surface area contributed by atoms with Crippen LogP contribution in [0.1, 0.15) is 65.7 Å². The van der Waals surface area contributed by atoms with Crippen LogP contribution in [-0.4, -0.2) is 33.5 Å². The fourth-order valence-corrected chi connectivity index (χ4v) is 7.20. The Morgan fingerprint density at radius 1 is 1.16 bits per heavy atom. The van der Waals surface area contributed by atoms with Gasteiger partial charge in [-0.15, -0.1) is 0 Å². The first-order valence-corrected chi connectivity index (χ1v) is 9.80. The number of carbonyl (C=O) groups excluding carboxylic acids is 2. The lowest BCUT2D eigenvalue weighted by Gasteiger charge is -2.59. The molecular weight excluding hydrogens is 316 g/mol. The van der Waals surface area contributed by atoms with E-state index in [9.17, 15) is 19.8 Å². The Morgan fingerprint density at radius 3 is 2.52 bits per heavy atom. The van der Waals surface area contributed by atoms with E-state index in [-0.39, 0.29) is 28.8 Å². The van der Waals surface area contributed by atoms with Crippen LogP contribution in [0, 0.1) is 28.6 Å². The number of ketones is 2. The molecule has 25 heavy (non-hydrogen) atoms. The normalized spacial score (nSPS) is 52.0. The molecule has 4 aliphatic carbocycles. The molecule has 4 heteroatoms. The van der Waals surface area contributed by atoms with Gasteiger partial charge in [-0.3, -0.25) is 9.59 Å². The summed E-state index contributed by atoms with van der Waals surface area (Å²) < 4.78 is 0. The summed E-state index contributed by atoms with van der Waals surface area (Å²) in [5.41, 5.74) is -0.746. The van der Waals surface area contributed by atoms with Crippen molar-refractivity contribution < 1.29 is 19.8 Å². The molecule has 0 saturated heterocycles. The Labute approximate surface area is 149 Å². The van der Waals surface area contributed by atoms with E-state index in [1.54, 1.807) is 6.08 Å². The highest BCUT2D eigenvalue weighted by Gasteiger charge is 2.66. The smallest absolute Gasteiger partial charge is 0.161 e. The molecule has 0 amide bonds. The van der Waals surface area contributed by atoms with Crippen molar-refractivity contribution >= 4 is 11.6 Å². The van der Waals surface area contributed by atoms with Crippen molar-refractivity contribution in [3.05, 3.63) is 11.6 Å². The molecule has 0 radical (unpaired) electrons. The molecule has 0 spiro atoms. The molecule has 138 valence electrons. The minimum Gasteiger partial charge on any atom is -0.392 e. The van der Waals surface area contributed by atoms with Crippen LogP contribution >= 0.6 is 0 Å². The van der Waals surface area contributed by atoms with Gasteiger partial charge in [0.15, 0.2) is 11.6 Å². The third-order valence-corrected chi connectivity index (χ3v) is 8.80. The van der Waals surface area contributed by atoms with Gasteiger partial charge in [-0.25, -0.2) is 0 Å². The zero-order chi connectivity index (χ0) is 18.2. The third-order valence-electron chi connectivity index (χ3n) is 8.80. The molecule has 0 aromatic heterocycles. The number of fused-ring (bicyclic) bond motifs is 5. The maximum atomic E-state index is 12.2. The Hall–Kier alpha value is -1.00. The molecule has 3 saturated carbocycles. The number of carbonyl (C=O) groups is 2. The SMILES string of the molecule is CC(=O)[C@@]1(O)CC[C@H]2[C@@H]3CCC4=CC(=O)C[C@@H](O)[C@]4(C)[C@H]3CC[C@@]21C. The number of aliphatic hydroxyl groups excluding tert-OH is 1. The van der Waals surface area contributed by atoms with Crippen LogP contribution in [0.2, 0.25) is 0 Å². The predicted octanol–water partition coefficient (Wildman–Crippen LogP) is 2.81. The molecule has 4 aliphatic rings. The number of Topliss-reactive ketones (excluding diaryl/α,β-unsaturated/α-hetero) is 1. The Balaban J connectivity index is 1.72. The summed E-state index contributed by atoms with van der Waals surface area (Å²) in [7, 11) is 0. The van der Waals surface area contributed by atoms with E-state index in [1.807, 2.05) is 0 Å². The first-order valence-electron chi connectivity index (χ1n) is 9.80. The molecule has 0 unspecified atom stereocenters. The summed E-state index contributed by atoms with van der Waals surface area (Å²) in [5.74, 6) is 1.02. The van der Waals surface area contributed by atoms with Gasteiger partial charge >= 0.3 is 0 Å². The molecule has 0 aromatic rings. The number of hydrogen-bond donors (Lipinski definition) is 2. The fraction of sp³-hybridized carbons (Fsp3) is 0.810. The number of hydrogen-bond acceptors (Lipinski definition) is 4. The second-order valence-corrected chi connectivity index (χ2v) is 9.47. The lowest BCUT2D eigenvalue weighted by Crippen LogP contribution is -2.59. The first kappa shape index (κ1) is 17.4. The first-order chi connectivity index (χ1) is 11.6. The van der Waals surface area contributed by atoms with Crippen LogP contribution in [0.25, 0.3) is 0 Å². The summed E-state index contributed by atoms with van der Waals surface area (Å²) in [4.78, 5) is 24.1. The average molecular weight is 346 g/mol. The third kappa shape index (κ3) is 2.01. The van der Waals surface area contributed by atoms with Gasteiger partial charge in [-0.1, -0.05) is 19.4 Å². The monoisotopic (exact) mass is 346 g/mol. The van der Waals surface area contributed by atoms with Crippen molar-refractivity contribution in [2.75, 3.05) is 0 Å². The van der Waals surface area contributed by atoms with E-state index in [2.05, 4.69) is 13.8 Å². The second-order valence-electron chi connectivity index (χ2n) is 9.47. The highest BCUT2D eigenvalue weighted by atomic mass is 16.3. The topological polar surface area (TPSA) is 74.6 Å². The van der Waals surface area contributed by atoms with E-state index in [0.717, 1.165) is 37.7 Å². The lowest BCUT2D eigenvalue weighted by molar-refractivity contribution is -0.164. The van der Waals surface area contributed by atoms with Gasteiger partial charge in [-0.05, 0) is 69.3 Å². The standard InChI is InChI=1S/C21H30O4/c1-12(22)21(25)9-7-16-15-5-4-13-10-14(23)11-18(24)20(13,3)17(15)6-8-19(16,21)2/h10,15-18,24-25H,4-9,11H2,1-3H3/t15-,16-,17-,18+,19-,20-,21-/m0/s1. The maximum Gasteiger partial charge on any atom is 0.161 e. The van der Waals surface area contributed by atoms with Gasteiger partial charge in [0.25, 0.3) is 0 Å². The quantitative estimate of drug-likeness (QED) is 0.766. The lowest BCUT2D eigenvalue weighted by atomic mass is 9.45. The molecule has 0 aromatic carbocycles. The van der Waals surface area contributed by atoms with Gasteiger partial charge in [0.1, 0.15) is 5.60 Å². The zero-order valence-electron chi connectivity index (χ0n) is 15.5. The molecule has 0 bridgehead atoms. The minimum absolute atomic E-state index is 0.0471. The highest BCUT2D eigenvalue weighted by Crippen LogP contribution is 2.67. The van der Waals surface area contributed by atoms with E-state index < -0.39 is 11.7 Å². The van der Waals surface area contributed by atoms with Crippen LogP contribution in [0.3, 0.4) is 0 Å². The van der Waals surface area contributed by atoms with E-state index in [0.29, 0.717) is 24.2 Å². The van der Waals surface area contributed by atoms with Crippen molar-refractivity contribution in [1.82, 2.24) is 0 Å². The zero-order valence-corrected chi connectivity index (χ0v) is 15.5. The van der Waals surface area contributed by atoms with Crippen molar-refractivity contribution in [3.8, 4) is 0 Å². The Bertz CT molecular complexity index is 667. The van der Waals surface area contributed by atoms with E-state index in [4.69, 9.17) is 0 Å². The van der Waals surface area contributed by atoms with Gasteiger partial charge in [0.2, 0.25) is 0 Å². The van der Waals surface area contributed by atoms with Crippen molar-refractivity contribution in [2.45, 2.75) is 77.4 Å². The fourth-order valence-electron chi connectivity index (χ4n) is 7.20. The van der Waals surface area contributed by atoms with E-state index >= 15 is 0 Å². The Kier molecular flexibility index (Phi) is 3.66. The second kappa shape index (κ2) is 5.26. The van der Waals surface area contributed by atoms with Gasteiger partial charge < -0.3 is 10.2 Å². The van der Waals surface area contributed by atoms with Crippen molar-refractivity contribution in [1.29, 1.82) is 0 Å². The van der Waals surface area contributed by atoms with Crippen LogP contribution in [0.5, 0.6) is 0 Å². The number of aliphatic hydroxyl groups is 2. The molecule has 4 nitrogen and oxygen atoms in total. The summed E-state index contributed by atoms with van der Waals surface area (Å²) in [5, 5.41) is 21.9. The Morgan fingerprint density at radius 2 is 1.84 bits per heavy atom. The number of rotatable bonds is 1. The molecule has 2 N–H and O–H groups in total. The van der Waals surface area contributed by atoms with Crippen LogP contribution < -0.4 is 0 Å². The molecule has 4 rings (SSSR count). The van der Waals surface area contributed by atoms with Crippen LogP contribution in [0.4, 0.5) is 0 Å². The summed E-state index contributed by atoms with van der Waals surface area (Å²) in [6, 6.07) is 0. The highest BCUT2D eigenvalue weighted by molar-refractivity contribution is 5.92. The van der Waals surface area contributed by atoms with Gasteiger partial charge in [-0.2, -0.15) is 0 Å². The van der Waals surface area contributed by atoms with E-state index in [1.165, 1.54) is 6.92 Å². The molecule has 0 heterocycles. The summed E-state index contributed by atoms with van der Waals surface area (Å²) in [6.45, 7) is 5.78. The molecule has 0 aliphatic heterocycles. The maximum absolute atomic E-state index is 12.2. The molecule has 7 atom stereocenters.